The molecule has 0 aliphatic rings. The summed E-state index contributed by atoms with van der Waals surface area (Å²) < 4.78 is 13.2. The Hall–Kier alpha value is -1.58. The minimum absolute atomic E-state index is 0.0876. The molecule has 1 amide bonds. The Morgan fingerprint density at radius 1 is 1.26 bits per heavy atom. The van der Waals surface area contributed by atoms with E-state index in [-0.39, 0.29) is 28.1 Å². The largest absolute Gasteiger partial charge is 0.398 e. The van der Waals surface area contributed by atoms with Crippen molar-refractivity contribution in [3.8, 4) is 0 Å². The van der Waals surface area contributed by atoms with Gasteiger partial charge in [-0.25, -0.2) is 4.39 Å². The minimum Gasteiger partial charge on any atom is -0.398 e. The van der Waals surface area contributed by atoms with Crippen molar-refractivity contribution in [3.63, 3.8) is 0 Å². The van der Waals surface area contributed by atoms with Crippen molar-refractivity contribution in [1.29, 1.82) is 0 Å². The molecule has 0 aliphatic carbocycles. The molecule has 1 aromatic carbocycles. The van der Waals surface area contributed by atoms with Crippen LogP contribution in [0.25, 0.3) is 0 Å². The van der Waals surface area contributed by atoms with E-state index in [0.717, 1.165) is 12.5 Å². The Morgan fingerprint density at radius 2 is 1.84 bits per heavy atom. The number of rotatable bonds is 3. The Balaban J connectivity index is 2.87. The summed E-state index contributed by atoms with van der Waals surface area (Å²) in [6.45, 7) is 10.2. The topological polar surface area (TPSA) is 55.1 Å². The fourth-order valence-corrected chi connectivity index (χ4v) is 2.47. The molecule has 1 rings (SSSR count). The monoisotopic (exact) mass is 266 g/mol. The molecule has 0 radical (unpaired) electrons. The van der Waals surface area contributed by atoms with Gasteiger partial charge < -0.3 is 11.1 Å². The standard InChI is InChI=1S/C15H23FN2O/c1-14(2,3)9-15(4,5)18-13(19)11-8-10(16)6-7-12(11)17/h6-8H,9,17H2,1-5H3,(H,18,19). The van der Waals surface area contributed by atoms with E-state index in [0.29, 0.717) is 0 Å². The number of carbonyl (C=O) groups excluding carboxylic acids is 1. The molecule has 0 unspecified atom stereocenters. The van der Waals surface area contributed by atoms with Gasteiger partial charge in [0.15, 0.2) is 0 Å². The quantitative estimate of drug-likeness (QED) is 0.824. The van der Waals surface area contributed by atoms with Crippen LogP contribution in [0, 0.1) is 11.2 Å². The maximum absolute atomic E-state index is 13.2. The SMILES string of the molecule is CC(C)(C)CC(C)(C)NC(=O)c1cc(F)ccc1N. The van der Waals surface area contributed by atoms with Crippen molar-refractivity contribution in [3.05, 3.63) is 29.6 Å². The van der Waals surface area contributed by atoms with Crippen molar-refractivity contribution in [1.82, 2.24) is 5.32 Å². The summed E-state index contributed by atoms with van der Waals surface area (Å²) in [6, 6.07) is 3.81. The van der Waals surface area contributed by atoms with E-state index < -0.39 is 5.82 Å². The highest BCUT2D eigenvalue weighted by Crippen LogP contribution is 2.27. The van der Waals surface area contributed by atoms with Crippen LogP contribution in [0.4, 0.5) is 10.1 Å². The van der Waals surface area contributed by atoms with Gasteiger partial charge in [-0.1, -0.05) is 20.8 Å². The average Bonchev–Trinajstić information content (AvgIpc) is 2.16. The van der Waals surface area contributed by atoms with Gasteiger partial charge in [-0.2, -0.15) is 0 Å². The molecule has 3 nitrogen and oxygen atoms in total. The van der Waals surface area contributed by atoms with Crippen LogP contribution in [0.15, 0.2) is 18.2 Å². The zero-order valence-corrected chi connectivity index (χ0v) is 12.3. The summed E-state index contributed by atoms with van der Waals surface area (Å²) in [4.78, 5) is 12.2. The summed E-state index contributed by atoms with van der Waals surface area (Å²) in [5.74, 6) is -0.806. The number of benzene rings is 1. The van der Waals surface area contributed by atoms with Gasteiger partial charge in [-0.15, -0.1) is 0 Å². The van der Waals surface area contributed by atoms with Gasteiger partial charge in [0.1, 0.15) is 5.82 Å². The van der Waals surface area contributed by atoms with E-state index in [1.807, 2.05) is 13.8 Å². The summed E-state index contributed by atoms with van der Waals surface area (Å²) >= 11 is 0. The molecule has 0 saturated carbocycles. The van der Waals surface area contributed by atoms with Crippen molar-refractivity contribution in [2.75, 3.05) is 5.73 Å². The molecule has 106 valence electrons. The fraction of sp³-hybridized carbons (Fsp3) is 0.533. The number of carbonyl (C=O) groups is 1. The van der Waals surface area contributed by atoms with Crippen LogP contribution in [0.2, 0.25) is 0 Å². The predicted octanol–water partition coefficient (Wildman–Crippen LogP) is 3.35. The second-order valence-corrected chi connectivity index (χ2v) is 6.81. The highest BCUT2D eigenvalue weighted by Gasteiger charge is 2.27. The summed E-state index contributed by atoms with van der Waals surface area (Å²) in [5, 5.41) is 2.91. The molecule has 19 heavy (non-hydrogen) atoms. The van der Waals surface area contributed by atoms with Gasteiger partial charge in [0.2, 0.25) is 0 Å². The number of hydrogen-bond acceptors (Lipinski definition) is 2. The van der Waals surface area contributed by atoms with E-state index in [4.69, 9.17) is 5.73 Å². The normalized spacial score (nSPS) is 12.3. The van der Waals surface area contributed by atoms with E-state index in [1.54, 1.807) is 0 Å². The molecule has 3 N–H and O–H groups in total. The van der Waals surface area contributed by atoms with Crippen LogP contribution >= 0.6 is 0 Å². The lowest BCUT2D eigenvalue weighted by molar-refractivity contribution is 0.0892. The van der Waals surface area contributed by atoms with Gasteiger partial charge in [0, 0.05) is 11.2 Å². The maximum atomic E-state index is 13.2. The second kappa shape index (κ2) is 5.19. The molecule has 0 aromatic heterocycles. The summed E-state index contributed by atoms with van der Waals surface area (Å²) in [7, 11) is 0. The second-order valence-electron chi connectivity index (χ2n) is 6.81. The molecule has 0 saturated heterocycles. The average molecular weight is 266 g/mol. The maximum Gasteiger partial charge on any atom is 0.253 e. The first kappa shape index (κ1) is 15.5. The molecule has 0 aliphatic heterocycles. The lowest BCUT2D eigenvalue weighted by Crippen LogP contribution is -2.46. The molecular formula is C15H23FN2O. The molecule has 0 bridgehead atoms. The predicted molar refractivity (Wildman–Crippen MR) is 76.4 cm³/mol. The Bertz CT molecular complexity index is 476. The number of hydrogen-bond donors (Lipinski definition) is 2. The van der Waals surface area contributed by atoms with E-state index in [9.17, 15) is 9.18 Å². The smallest absolute Gasteiger partial charge is 0.253 e. The lowest BCUT2D eigenvalue weighted by atomic mass is 9.81. The van der Waals surface area contributed by atoms with Gasteiger partial charge >= 0.3 is 0 Å². The van der Waals surface area contributed by atoms with Crippen molar-refractivity contribution in [2.45, 2.75) is 46.6 Å². The number of nitrogens with two attached hydrogens (primary N) is 1. The first-order valence-electron chi connectivity index (χ1n) is 6.38. The van der Waals surface area contributed by atoms with E-state index in [2.05, 4.69) is 26.1 Å². The van der Waals surface area contributed by atoms with Crippen LogP contribution in [-0.2, 0) is 0 Å². The number of nitrogen functional groups attached to an aromatic ring is 1. The van der Waals surface area contributed by atoms with Gasteiger partial charge in [0.05, 0.1) is 5.56 Å². The summed E-state index contributed by atoms with van der Waals surface area (Å²) in [5.41, 5.74) is 5.88. The van der Waals surface area contributed by atoms with Crippen molar-refractivity contribution in [2.24, 2.45) is 5.41 Å². The molecule has 4 heteroatoms. The highest BCUT2D eigenvalue weighted by atomic mass is 19.1. The zero-order chi connectivity index (χ0) is 14.8. The third-order valence-electron chi connectivity index (χ3n) is 2.68. The van der Waals surface area contributed by atoms with Crippen molar-refractivity contribution < 1.29 is 9.18 Å². The first-order valence-corrected chi connectivity index (χ1v) is 6.38. The van der Waals surface area contributed by atoms with Crippen LogP contribution in [0.3, 0.4) is 0 Å². The third kappa shape index (κ3) is 4.89. The number of halogens is 1. The van der Waals surface area contributed by atoms with Crippen LogP contribution < -0.4 is 11.1 Å². The minimum atomic E-state index is -0.465. The van der Waals surface area contributed by atoms with Gasteiger partial charge in [0.25, 0.3) is 5.91 Å². The first-order chi connectivity index (χ1) is 8.50. The Kier molecular flexibility index (Phi) is 4.23. The van der Waals surface area contributed by atoms with Gasteiger partial charge in [-0.05, 0) is 43.9 Å². The van der Waals surface area contributed by atoms with Crippen molar-refractivity contribution >= 4 is 11.6 Å². The molecule has 0 spiro atoms. The zero-order valence-electron chi connectivity index (χ0n) is 12.3. The Morgan fingerprint density at radius 3 is 2.37 bits per heavy atom. The third-order valence-corrected chi connectivity index (χ3v) is 2.68. The van der Waals surface area contributed by atoms with Crippen LogP contribution in [0.5, 0.6) is 0 Å². The summed E-state index contributed by atoms with van der Waals surface area (Å²) in [6.07, 6.45) is 0.807. The highest BCUT2D eigenvalue weighted by molar-refractivity contribution is 5.99. The van der Waals surface area contributed by atoms with E-state index in [1.165, 1.54) is 12.1 Å². The molecule has 0 heterocycles. The van der Waals surface area contributed by atoms with Crippen LogP contribution in [0.1, 0.15) is 51.4 Å². The number of nitrogens with one attached hydrogen (secondary N) is 1. The molecule has 1 aromatic rings. The molecule has 0 atom stereocenters. The Labute approximate surface area is 114 Å². The van der Waals surface area contributed by atoms with Crippen LogP contribution in [-0.4, -0.2) is 11.4 Å². The molecule has 0 fully saturated rings. The molecular weight excluding hydrogens is 243 g/mol. The number of anilines is 1. The fourth-order valence-electron chi connectivity index (χ4n) is 2.47. The van der Waals surface area contributed by atoms with Gasteiger partial charge in [-0.3, -0.25) is 4.79 Å². The lowest BCUT2D eigenvalue weighted by Gasteiger charge is -2.33. The number of amides is 1. The van der Waals surface area contributed by atoms with E-state index >= 15 is 0 Å².